The fourth-order valence-corrected chi connectivity index (χ4v) is 2.95. The highest BCUT2D eigenvalue weighted by Gasteiger charge is 2.16. The van der Waals surface area contributed by atoms with Gasteiger partial charge in [0.15, 0.2) is 0 Å². The summed E-state index contributed by atoms with van der Waals surface area (Å²) in [5.74, 6) is 0. The van der Waals surface area contributed by atoms with E-state index in [0.717, 1.165) is 16.6 Å². The Kier molecular flexibility index (Phi) is 3.82. The monoisotopic (exact) mass is 283 g/mol. The van der Waals surface area contributed by atoms with Gasteiger partial charge in [0.2, 0.25) is 0 Å². The second-order valence-corrected chi connectivity index (χ2v) is 5.27. The van der Waals surface area contributed by atoms with Crippen LogP contribution in [-0.4, -0.2) is 9.78 Å². The molecule has 1 aliphatic carbocycles. The molecule has 1 atom stereocenters. The topological polar surface area (TPSA) is 43.8 Å². The van der Waals surface area contributed by atoms with Crippen LogP contribution in [0.1, 0.15) is 43.8 Å². The van der Waals surface area contributed by atoms with Crippen LogP contribution in [0.4, 0.5) is 0 Å². The summed E-state index contributed by atoms with van der Waals surface area (Å²) in [6.07, 6.45) is 10.2. The summed E-state index contributed by atoms with van der Waals surface area (Å²) < 4.78 is 2.87. The minimum absolute atomic E-state index is 0.0474. The van der Waals surface area contributed by atoms with Gasteiger partial charge in [-0.15, -0.1) is 0 Å². The molecule has 1 heterocycles. The molecule has 16 heavy (non-hydrogen) atoms. The minimum atomic E-state index is 0.0474. The standard InChI is InChI=1S/C12H18BrN3/c1-16-12(10(13)8-15-16)11(14)7-9-5-3-2-4-6-9/h5,8,11H,2-4,6-7,14H2,1H3. The third kappa shape index (κ3) is 2.55. The van der Waals surface area contributed by atoms with Crippen molar-refractivity contribution in [3.63, 3.8) is 0 Å². The molecule has 0 aliphatic heterocycles. The first kappa shape index (κ1) is 11.9. The van der Waals surface area contributed by atoms with Gasteiger partial charge < -0.3 is 5.73 Å². The van der Waals surface area contributed by atoms with E-state index in [2.05, 4.69) is 27.1 Å². The molecule has 0 radical (unpaired) electrons. The van der Waals surface area contributed by atoms with Crippen LogP contribution in [0.5, 0.6) is 0 Å². The number of allylic oxidation sites excluding steroid dienone is 1. The summed E-state index contributed by atoms with van der Waals surface area (Å²) in [4.78, 5) is 0. The van der Waals surface area contributed by atoms with Gasteiger partial charge in [-0.1, -0.05) is 11.6 Å². The van der Waals surface area contributed by atoms with Crippen LogP contribution >= 0.6 is 15.9 Å². The Morgan fingerprint density at radius 2 is 2.38 bits per heavy atom. The van der Waals surface area contributed by atoms with Gasteiger partial charge in [0, 0.05) is 7.05 Å². The van der Waals surface area contributed by atoms with Crippen molar-refractivity contribution in [2.24, 2.45) is 12.8 Å². The molecule has 1 aromatic rings. The SMILES string of the molecule is Cn1ncc(Br)c1C(N)CC1=CCCCC1. The zero-order chi connectivity index (χ0) is 11.5. The van der Waals surface area contributed by atoms with Crippen molar-refractivity contribution in [2.75, 3.05) is 0 Å². The molecule has 1 unspecified atom stereocenters. The third-order valence-electron chi connectivity index (χ3n) is 3.16. The molecule has 0 fully saturated rings. The Morgan fingerprint density at radius 1 is 1.56 bits per heavy atom. The first-order valence-electron chi connectivity index (χ1n) is 5.79. The van der Waals surface area contributed by atoms with Crippen LogP contribution in [0.15, 0.2) is 22.3 Å². The van der Waals surface area contributed by atoms with E-state index in [-0.39, 0.29) is 6.04 Å². The van der Waals surface area contributed by atoms with Crippen molar-refractivity contribution in [1.82, 2.24) is 9.78 Å². The lowest BCUT2D eigenvalue weighted by Gasteiger charge is -2.18. The Balaban J connectivity index is 2.08. The van der Waals surface area contributed by atoms with Crippen molar-refractivity contribution in [3.05, 3.63) is 28.0 Å². The lowest BCUT2D eigenvalue weighted by Crippen LogP contribution is -2.16. The van der Waals surface area contributed by atoms with Gasteiger partial charge in [0.05, 0.1) is 22.4 Å². The highest BCUT2D eigenvalue weighted by atomic mass is 79.9. The van der Waals surface area contributed by atoms with Crippen LogP contribution in [-0.2, 0) is 7.05 Å². The van der Waals surface area contributed by atoms with Crippen LogP contribution in [0.25, 0.3) is 0 Å². The molecule has 3 nitrogen and oxygen atoms in total. The summed E-state index contributed by atoms with van der Waals surface area (Å²) in [7, 11) is 1.94. The lowest BCUT2D eigenvalue weighted by atomic mass is 9.93. The maximum atomic E-state index is 6.24. The molecule has 0 saturated heterocycles. The molecule has 0 bridgehead atoms. The molecular weight excluding hydrogens is 266 g/mol. The van der Waals surface area contributed by atoms with E-state index in [4.69, 9.17) is 5.73 Å². The number of hydrogen-bond donors (Lipinski definition) is 1. The van der Waals surface area contributed by atoms with E-state index >= 15 is 0 Å². The number of aryl methyl sites for hydroxylation is 1. The smallest absolute Gasteiger partial charge is 0.0693 e. The summed E-state index contributed by atoms with van der Waals surface area (Å²) >= 11 is 3.50. The normalized spacial score (nSPS) is 18.3. The molecule has 0 spiro atoms. The van der Waals surface area contributed by atoms with Crippen LogP contribution in [0.3, 0.4) is 0 Å². The highest BCUT2D eigenvalue weighted by Crippen LogP contribution is 2.29. The van der Waals surface area contributed by atoms with E-state index in [1.807, 2.05) is 17.9 Å². The number of aromatic nitrogens is 2. The molecule has 0 amide bonds. The summed E-state index contributed by atoms with van der Waals surface area (Å²) in [6, 6.07) is 0.0474. The summed E-state index contributed by atoms with van der Waals surface area (Å²) in [5.41, 5.74) is 8.84. The maximum absolute atomic E-state index is 6.24. The predicted octanol–water partition coefficient (Wildman–Crippen LogP) is 3.07. The van der Waals surface area contributed by atoms with E-state index in [0.29, 0.717) is 0 Å². The highest BCUT2D eigenvalue weighted by molar-refractivity contribution is 9.10. The summed E-state index contributed by atoms with van der Waals surface area (Å²) in [5, 5.41) is 4.20. The van der Waals surface area contributed by atoms with E-state index < -0.39 is 0 Å². The molecule has 1 aromatic heterocycles. The summed E-state index contributed by atoms with van der Waals surface area (Å²) in [6.45, 7) is 0. The Bertz CT molecular complexity index is 375. The lowest BCUT2D eigenvalue weighted by molar-refractivity contribution is 0.583. The first-order chi connectivity index (χ1) is 7.68. The molecule has 88 valence electrons. The molecule has 0 saturated carbocycles. The van der Waals surface area contributed by atoms with Crippen LogP contribution in [0.2, 0.25) is 0 Å². The molecule has 0 aromatic carbocycles. The number of halogens is 1. The molecule has 1 aliphatic rings. The van der Waals surface area contributed by atoms with Gasteiger partial charge >= 0.3 is 0 Å². The zero-order valence-corrected chi connectivity index (χ0v) is 11.2. The van der Waals surface area contributed by atoms with Crippen molar-refractivity contribution in [2.45, 2.75) is 38.1 Å². The Labute approximate surface area is 105 Å². The number of hydrogen-bond acceptors (Lipinski definition) is 2. The van der Waals surface area contributed by atoms with Gasteiger partial charge in [0.25, 0.3) is 0 Å². The fourth-order valence-electron chi connectivity index (χ4n) is 2.31. The van der Waals surface area contributed by atoms with Crippen LogP contribution in [0, 0.1) is 0 Å². The fraction of sp³-hybridized carbons (Fsp3) is 0.583. The van der Waals surface area contributed by atoms with Crippen molar-refractivity contribution in [1.29, 1.82) is 0 Å². The van der Waals surface area contributed by atoms with Gasteiger partial charge in [-0.2, -0.15) is 5.10 Å². The second kappa shape index (κ2) is 5.15. The maximum Gasteiger partial charge on any atom is 0.0693 e. The van der Waals surface area contributed by atoms with Crippen molar-refractivity contribution >= 4 is 15.9 Å². The Hall–Kier alpha value is -0.610. The van der Waals surface area contributed by atoms with E-state index in [1.165, 1.54) is 31.3 Å². The Morgan fingerprint density at radius 3 is 2.94 bits per heavy atom. The van der Waals surface area contributed by atoms with Crippen molar-refractivity contribution in [3.8, 4) is 0 Å². The molecule has 4 heteroatoms. The number of rotatable bonds is 3. The number of nitrogens with zero attached hydrogens (tertiary/aromatic N) is 2. The average Bonchev–Trinajstić information content (AvgIpc) is 2.60. The van der Waals surface area contributed by atoms with Gasteiger partial charge in [-0.25, -0.2) is 0 Å². The minimum Gasteiger partial charge on any atom is -0.322 e. The van der Waals surface area contributed by atoms with E-state index in [9.17, 15) is 0 Å². The second-order valence-electron chi connectivity index (χ2n) is 4.42. The third-order valence-corrected chi connectivity index (χ3v) is 3.77. The average molecular weight is 284 g/mol. The molecule has 2 rings (SSSR count). The van der Waals surface area contributed by atoms with Crippen molar-refractivity contribution < 1.29 is 0 Å². The van der Waals surface area contributed by atoms with Gasteiger partial charge in [-0.05, 0) is 48.0 Å². The van der Waals surface area contributed by atoms with Gasteiger partial charge in [0.1, 0.15) is 0 Å². The zero-order valence-electron chi connectivity index (χ0n) is 9.62. The van der Waals surface area contributed by atoms with E-state index in [1.54, 1.807) is 0 Å². The predicted molar refractivity (Wildman–Crippen MR) is 69.0 cm³/mol. The molecule has 2 N–H and O–H groups in total. The molecular formula is C12H18BrN3. The number of nitrogens with two attached hydrogens (primary N) is 1. The van der Waals surface area contributed by atoms with Crippen LogP contribution < -0.4 is 5.73 Å². The largest absolute Gasteiger partial charge is 0.322 e. The first-order valence-corrected chi connectivity index (χ1v) is 6.58. The quantitative estimate of drug-likeness (QED) is 0.867. The van der Waals surface area contributed by atoms with Gasteiger partial charge in [-0.3, -0.25) is 4.68 Å².